The minimum atomic E-state index is -0.336. The van der Waals surface area contributed by atoms with Gasteiger partial charge in [-0.2, -0.15) is 0 Å². The average Bonchev–Trinajstić information content (AvgIpc) is 2.91. The zero-order chi connectivity index (χ0) is 12.6. The minimum absolute atomic E-state index is 0.329. The lowest BCUT2D eigenvalue weighted by atomic mass is 10.2. The molecular weight excluding hydrogens is 226 g/mol. The predicted molar refractivity (Wildman–Crippen MR) is 71.2 cm³/mol. The first kappa shape index (κ1) is 12.7. The molecule has 3 heteroatoms. The molecule has 0 radical (unpaired) electrons. The van der Waals surface area contributed by atoms with E-state index in [1.165, 1.54) is 24.8 Å². The van der Waals surface area contributed by atoms with E-state index in [-0.39, 0.29) is 6.09 Å². The number of alkyl carbamates (subject to hydrolysis) is 1. The van der Waals surface area contributed by atoms with Gasteiger partial charge >= 0.3 is 6.09 Å². The largest absolute Gasteiger partial charge is 0.445 e. The Balaban J connectivity index is 1.60. The van der Waals surface area contributed by atoms with Crippen LogP contribution in [0.3, 0.4) is 0 Å². The van der Waals surface area contributed by atoms with Gasteiger partial charge in [-0.25, -0.2) is 4.79 Å². The molecule has 0 saturated heterocycles. The van der Waals surface area contributed by atoms with E-state index in [0.29, 0.717) is 13.2 Å². The van der Waals surface area contributed by atoms with E-state index in [4.69, 9.17) is 4.74 Å². The number of hydrogen-bond donors (Lipinski definition) is 1. The Bertz CT molecular complexity index is 412. The van der Waals surface area contributed by atoms with Crippen molar-refractivity contribution in [2.75, 3.05) is 6.54 Å². The number of nitrogens with one attached hydrogen (secondary N) is 1. The summed E-state index contributed by atoms with van der Waals surface area (Å²) in [6.45, 7) is 0.995. The van der Waals surface area contributed by atoms with Gasteiger partial charge in [0.1, 0.15) is 6.61 Å². The molecule has 1 aliphatic carbocycles. The summed E-state index contributed by atoms with van der Waals surface area (Å²) in [5.74, 6) is 0. The fraction of sp³-hybridized carbons (Fsp3) is 0.400. The number of carbonyl (C=O) groups excluding carboxylic acids is 1. The summed E-state index contributed by atoms with van der Waals surface area (Å²) in [7, 11) is 0. The molecular formula is C15H19NO2. The number of benzene rings is 1. The second-order valence-electron chi connectivity index (χ2n) is 4.49. The third-order valence-electron chi connectivity index (χ3n) is 3.06. The molecule has 18 heavy (non-hydrogen) atoms. The predicted octanol–water partition coefficient (Wildman–Crippen LogP) is 3.41. The van der Waals surface area contributed by atoms with Crippen molar-refractivity contribution in [1.82, 2.24) is 5.32 Å². The summed E-state index contributed by atoms with van der Waals surface area (Å²) >= 11 is 0. The highest BCUT2D eigenvalue weighted by Crippen LogP contribution is 2.19. The number of rotatable bonds is 5. The highest BCUT2D eigenvalue weighted by molar-refractivity contribution is 5.67. The van der Waals surface area contributed by atoms with Crippen LogP contribution in [0.25, 0.3) is 0 Å². The van der Waals surface area contributed by atoms with Crippen molar-refractivity contribution in [3.8, 4) is 0 Å². The smallest absolute Gasteiger partial charge is 0.407 e. The van der Waals surface area contributed by atoms with E-state index < -0.39 is 0 Å². The fourth-order valence-electron chi connectivity index (χ4n) is 2.06. The van der Waals surface area contributed by atoms with Gasteiger partial charge in [0.15, 0.2) is 0 Å². The van der Waals surface area contributed by atoms with Crippen LogP contribution in [-0.2, 0) is 11.3 Å². The number of amides is 1. The molecule has 0 atom stereocenters. The number of ether oxygens (including phenoxy) is 1. The lowest BCUT2D eigenvalue weighted by Gasteiger charge is -2.07. The molecule has 2 rings (SSSR count). The molecule has 0 aromatic heterocycles. The van der Waals surface area contributed by atoms with Gasteiger partial charge in [0, 0.05) is 6.54 Å². The lowest BCUT2D eigenvalue weighted by molar-refractivity contribution is 0.140. The van der Waals surface area contributed by atoms with Crippen LogP contribution < -0.4 is 5.32 Å². The van der Waals surface area contributed by atoms with Crippen LogP contribution in [0, 0.1) is 0 Å². The molecule has 0 unspecified atom stereocenters. The minimum Gasteiger partial charge on any atom is -0.445 e. The number of carbonyl (C=O) groups is 1. The van der Waals surface area contributed by atoms with Gasteiger partial charge in [-0.3, -0.25) is 0 Å². The summed E-state index contributed by atoms with van der Waals surface area (Å²) in [5, 5.41) is 2.78. The Morgan fingerprint density at radius 3 is 2.83 bits per heavy atom. The second-order valence-corrected chi connectivity index (χ2v) is 4.49. The van der Waals surface area contributed by atoms with E-state index >= 15 is 0 Å². The second kappa shape index (κ2) is 6.84. The quantitative estimate of drug-likeness (QED) is 0.807. The topological polar surface area (TPSA) is 38.3 Å². The number of allylic oxidation sites excluding steroid dienone is 1. The normalized spacial score (nSPS) is 14.1. The Hall–Kier alpha value is -1.77. The summed E-state index contributed by atoms with van der Waals surface area (Å²) in [5.41, 5.74) is 2.46. The average molecular weight is 245 g/mol. The SMILES string of the molecule is O=C(NCCC1=CCCC1)OCc1ccccc1. The van der Waals surface area contributed by atoms with Crippen LogP contribution in [0.5, 0.6) is 0 Å². The van der Waals surface area contributed by atoms with Gasteiger partial charge in [0.2, 0.25) is 0 Å². The molecule has 1 N–H and O–H groups in total. The Morgan fingerprint density at radius 1 is 1.28 bits per heavy atom. The standard InChI is InChI=1S/C15H19NO2/c17-15(16-11-10-13-6-4-5-7-13)18-12-14-8-2-1-3-9-14/h1-3,6,8-9H,4-5,7,10-12H2,(H,16,17). The third-order valence-corrected chi connectivity index (χ3v) is 3.06. The van der Waals surface area contributed by atoms with Crippen LogP contribution in [-0.4, -0.2) is 12.6 Å². The van der Waals surface area contributed by atoms with Crippen LogP contribution in [0.1, 0.15) is 31.2 Å². The van der Waals surface area contributed by atoms with Crippen LogP contribution in [0.2, 0.25) is 0 Å². The Morgan fingerprint density at radius 2 is 2.11 bits per heavy atom. The van der Waals surface area contributed by atoms with Crippen molar-refractivity contribution in [3.05, 3.63) is 47.5 Å². The van der Waals surface area contributed by atoms with Crippen molar-refractivity contribution in [2.24, 2.45) is 0 Å². The Labute approximate surface area is 108 Å². The highest BCUT2D eigenvalue weighted by Gasteiger charge is 2.06. The first-order valence-corrected chi connectivity index (χ1v) is 6.47. The van der Waals surface area contributed by atoms with Crippen molar-refractivity contribution in [1.29, 1.82) is 0 Å². The molecule has 0 aliphatic heterocycles. The van der Waals surface area contributed by atoms with Crippen LogP contribution in [0.4, 0.5) is 4.79 Å². The zero-order valence-electron chi connectivity index (χ0n) is 10.5. The maximum atomic E-state index is 11.4. The molecule has 0 heterocycles. The molecule has 1 aromatic rings. The molecule has 0 saturated carbocycles. The monoisotopic (exact) mass is 245 g/mol. The van der Waals surface area contributed by atoms with Crippen molar-refractivity contribution >= 4 is 6.09 Å². The lowest BCUT2D eigenvalue weighted by Crippen LogP contribution is -2.25. The van der Waals surface area contributed by atoms with Crippen molar-refractivity contribution in [2.45, 2.75) is 32.3 Å². The summed E-state index contributed by atoms with van der Waals surface area (Å²) < 4.78 is 5.12. The zero-order valence-corrected chi connectivity index (χ0v) is 10.5. The van der Waals surface area contributed by atoms with Gasteiger partial charge in [-0.15, -0.1) is 0 Å². The van der Waals surface area contributed by atoms with Gasteiger partial charge in [-0.1, -0.05) is 42.0 Å². The van der Waals surface area contributed by atoms with E-state index in [9.17, 15) is 4.79 Å². The van der Waals surface area contributed by atoms with E-state index in [1.54, 1.807) is 0 Å². The van der Waals surface area contributed by atoms with Crippen LogP contribution >= 0.6 is 0 Å². The molecule has 1 amide bonds. The van der Waals surface area contributed by atoms with E-state index in [0.717, 1.165) is 12.0 Å². The maximum Gasteiger partial charge on any atom is 0.407 e. The van der Waals surface area contributed by atoms with E-state index in [1.807, 2.05) is 30.3 Å². The van der Waals surface area contributed by atoms with Gasteiger partial charge in [0.25, 0.3) is 0 Å². The van der Waals surface area contributed by atoms with Gasteiger partial charge in [0.05, 0.1) is 0 Å². The van der Waals surface area contributed by atoms with Gasteiger partial charge in [-0.05, 0) is 31.2 Å². The number of hydrogen-bond acceptors (Lipinski definition) is 2. The van der Waals surface area contributed by atoms with Crippen molar-refractivity contribution in [3.63, 3.8) is 0 Å². The summed E-state index contributed by atoms with van der Waals surface area (Å²) in [6.07, 6.45) is 6.51. The molecule has 96 valence electrons. The first-order chi connectivity index (χ1) is 8.84. The third kappa shape index (κ3) is 4.24. The van der Waals surface area contributed by atoms with Crippen LogP contribution in [0.15, 0.2) is 42.0 Å². The first-order valence-electron chi connectivity index (χ1n) is 6.47. The highest BCUT2D eigenvalue weighted by atomic mass is 16.5. The molecule has 1 aliphatic rings. The summed E-state index contributed by atoms with van der Waals surface area (Å²) in [6, 6.07) is 9.69. The van der Waals surface area contributed by atoms with Crippen molar-refractivity contribution < 1.29 is 9.53 Å². The molecule has 0 bridgehead atoms. The maximum absolute atomic E-state index is 11.4. The molecule has 0 spiro atoms. The summed E-state index contributed by atoms with van der Waals surface area (Å²) in [4.78, 5) is 11.4. The molecule has 1 aromatic carbocycles. The van der Waals surface area contributed by atoms with E-state index in [2.05, 4.69) is 11.4 Å². The fourth-order valence-corrected chi connectivity index (χ4v) is 2.06. The Kier molecular flexibility index (Phi) is 4.82. The molecule has 3 nitrogen and oxygen atoms in total. The molecule has 0 fully saturated rings. The van der Waals surface area contributed by atoms with Gasteiger partial charge < -0.3 is 10.1 Å².